The van der Waals surface area contributed by atoms with Crippen LogP contribution in [0.4, 0.5) is 5.69 Å². The summed E-state index contributed by atoms with van der Waals surface area (Å²) in [7, 11) is 0. The fourth-order valence-electron chi connectivity index (χ4n) is 3.10. The zero-order valence-electron chi connectivity index (χ0n) is 13.1. The van der Waals surface area contributed by atoms with Gasteiger partial charge in [-0.25, -0.2) is 10.0 Å². The molecule has 0 saturated carbocycles. The Labute approximate surface area is 138 Å². The lowest BCUT2D eigenvalue weighted by Crippen LogP contribution is -2.45. The zero-order valence-corrected chi connectivity index (χ0v) is 13.1. The van der Waals surface area contributed by atoms with Crippen LogP contribution in [0, 0.1) is 16.0 Å². The van der Waals surface area contributed by atoms with Crippen molar-refractivity contribution in [1.82, 2.24) is 10.0 Å². The van der Waals surface area contributed by atoms with Gasteiger partial charge < -0.3 is 4.74 Å². The number of carbonyl (C=O) groups excluding carboxylic acids is 2. The molecule has 1 amide bonds. The van der Waals surface area contributed by atoms with Crippen LogP contribution < -0.4 is 0 Å². The van der Waals surface area contributed by atoms with Crippen LogP contribution in [0.1, 0.15) is 24.9 Å². The molecule has 2 aliphatic heterocycles. The van der Waals surface area contributed by atoms with E-state index in [4.69, 9.17) is 4.74 Å². The fraction of sp³-hybridized carbons (Fsp3) is 0.375. The summed E-state index contributed by atoms with van der Waals surface area (Å²) in [5, 5.41) is 14.1. The van der Waals surface area contributed by atoms with E-state index in [9.17, 15) is 19.7 Å². The Morgan fingerprint density at radius 1 is 1.38 bits per heavy atom. The van der Waals surface area contributed by atoms with E-state index in [2.05, 4.69) is 0 Å². The van der Waals surface area contributed by atoms with Crippen molar-refractivity contribution >= 4 is 17.6 Å². The van der Waals surface area contributed by atoms with Gasteiger partial charge in [0.25, 0.3) is 5.69 Å². The van der Waals surface area contributed by atoms with Gasteiger partial charge in [0.2, 0.25) is 5.91 Å². The Kier molecular flexibility index (Phi) is 4.30. The molecule has 8 nitrogen and oxygen atoms in total. The van der Waals surface area contributed by atoms with Gasteiger partial charge in [0.15, 0.2) is 0 Å². The number of nitro benzene ring substituents is 1. The number of benzene rings is 1. The summed E-state index contributed by atoms with van der Waals surface area (Å²) in [6.45, 7) is 2.48. The van der Waals surface area contributed by atoms with Crippen molar-refractivity contribution in [3.63, 3.8) is 0 Å². The molecule has 8 heteroatoms. The van der Waals surface area contributed by atoms with Crippen LogP contribution in [0.5, 0.6) is 0 Å². The molecule has 24 heavy (non-hydrogen) atoms. The van der Waals surface area contributed by atoms with E-state index in [-0.39, 0.29) is 24.2 Å². The summed E-state index contributed by atoms with van der Waals surface area (Å²) in [6.07, 6.45) is 3.62. The predicted molar refractivity (Wildman–Crippen MR) is 83.3 cm³/mol. The van der Waals surface area contributed by atoms with Crippen LogP contribution in [-0.4, -0.2) is 40.0 Å². The predicted octanol–water partition coefficient (Wildman–Crippen LogP) is 1.79. The molecule has 0 spiro atoms. The van der Waals surface area contributed by atoms with E-state index in [1.54, 1.807) is 31.3 Å². The minimum absolute atomic E-state index is 0.0212. The molecule has 126 valence electrons. The van der Waals surface area contributed by atoms with Crippen molar-refractivity contribution in [2.45, 2.75) is 19.4 Å². The molecule has 1 aromatic rings. The number of hydrazine groups is 1. The number of hydrogen-bond acceptors (Lipinski definition) is 6. The van der Waals surface area contributed by atoms with Crippen molar-refractivity contribution in [3.05, 3.63) is 52.2 Å². The monoisotopic (exact) mass is 331 g/mol. The molecule has 2 atom stereocenters. The SMILES string of the molecule is CCOC(=O)[C@H]1C=CN2C(=O)CCN2[C@@H]1c1ccc([N+](=O)[O-])cc1. The number of fused-ring (bicyclic) bond motifs is 1. The van der Waals surface area contributed by atoms with E-state index in [1.165, 1.54) is 17.1 Å². The molecule has 3 rings (SSSR count). The first-order valence-corrected chi connectivity index (χ1v) is 7.71. The molecule has 0 unspecified atom stereocenters. The van der Waals surface area contributed by atoms with Gasteiger partial charge in [0.05, 0.1) is 23.5 Å². The number of carbonyl (C=O) groups is 2. The number of rotatable bonds is 4. The Bertz CT molecular complexity index is 700. The molecule has 1 saturated heterocycles. The standard InChI is InChI=1S/C16H17N3O5/c1-2-24-16(21)13-7-9-17-14(20)8-10-18(17)15(13)11-3-5-12(6-4-11)19(22)23/h3-7,9,13,15H,2,8,10H2,1H3/t13-,15+/m0/s1. The highest BCUT2D eigenvalue weighted by Gasteiger charge is 2.43. The number of nitrogens with zero attached hydrogens (tertiary/aromatic N) is 3. The van der Waals surface area contributed by atoms with Crippen LogP contribution in [-0.2, 0) is 14.3 Å². The first-order valence-electron chi connectivity index (χ1n) is 7.71. The summed E-state index contributed by atoms with van der Waals surface area (Å²) in [5.41, 5.74) is 0.704. The smallest absolute Gasteiger partial charge is 0.314 e. The number of ether oxygens (including phenoxy) is 1. The largest absolute Gasteiger partial charge is 0.465 e. The quantitative estimate of drug-likeness (QED) is 0.474. The molecule has 0 radical (unpaired) electrons. The Morgan fingerprint density at radius 2 is 2.08 bits per heavy atom. The summed E-state index contributed by atoms with van der Waals surface area (Å²) < 4.78 is 5.14. The second kappa shape index (κ2) is 6.40. The van der Waals surface area contributed by atoms with E-state index in [1.807, 2.05) is 5.01 Å². The second-order valence-electron chi connectivity index (χ2n) is 5.56. The lowest BCUT2D eigenvalue weighted by Gasteiger charge is -2.39. The summed E-state index contributed by atoms with van der Waals surface area (Å²) >= 11 is 0. The maximum atomic E-state index is 12.3. The van der Waals surface area contributed by atoms with Gasteiger partial charge in [-0.2, -0.15) is 0 Å². The molecule has 0 aromatic heterocycles. The normalized spacial score (nSPS) is 23.2. The molecule has 0 bridgehead atoms. The number of amides is 1. The minimum atomic E-state index is -0.575. The topological polar surface area (TPSA) is 93.0 Å². The van der Waals surface area contributed by atoms with Crippen molar-refractivity contribution < 1.29 is 19.2 Å². The molecular formula is C16H17N3O5. The maximum Gasteiger partial charge on any atom is 0.314 e. The van der Waals surface area contributed by atoms with Gasteiger partial charge in [-0.1, -0.05) is 18.2 Å². The lowest BCUT2D eigenvalue weighted by atomic mass is 9.91. The number of esters is 1. The minimum Gasteiger partial charge on any atom is -0.465 e. The third-order valence-corrected chi connectivity index (χ3v) is 4.19. The molecular weight excluding hydrogens is 314 g/mol. The lowest BCUT2D eigenvalue weighted by molar-refractivity contribution is -0.384. The highest BCUT2D eigenvalue weighted by atomic mass is 16.6. The highest BCUT2D eigenvalue weighted by molar-refractivity contribution is 5.81. The maximum absolute atomic E-state index is 12.3. The Morgan fingerprint density at radius 3 is 2.71 bits per heavy atom. The third kappa shape index (κ3) is 2.76. The molecule has 1 fully saturated rings. The first-order chi connectivity index (χ1) is 11.5. The molecule has 0 N–H and O–H groups in total. The summed E-state index contributed by atoms with van der Waals surface area (Å²) in [5.74, 6) is -0.995. The summed E-state index contributed by atoms with van der Waals surface area (Å²) in [4.78, 5) is 34.6. The van der Waals surface area contributed by atoms with Crippen LogP contribution >= 0.6 is 0 Å². The van der Waals surface area contributed by atoms with Crippen LogP contribution in [0.3, 0.4) is 0 Å². The van der Waals surface area contributed by atoms with Crippen LogP contribution in [0.2, 0.25) is 0 Å². The molecule has 1 aromatic carbocycles. The fourth-order valence-corrected chi connectivity index (χ4v) is 3.10. The van der Waals surface area contributed by atoms with E-state index >= 15 is 0 Å². The second-order valence-corrected chi connectivity index (χ2v) is 5.56. The number of non-ortho nitro benzene ring substituents is 1. The average Bonchev–Trinajstić information content (AvgIpc) is 2.95. The van der Waals surface area contributed by atoms with Crippen molar-refractivity contribution in [2.75, 3.05) is 13.2 Å². The zero-order chi connectivity index (χ0) is 17.3. The van der Waals surface area contributed by atoms with E-state index in [0.717, 1.165) is 5.56 Å². The first kappa shape index (κ1) is 16.1. The van der Waals surface area contributed by atoms with Crippen molar-refractivity contribution in [2.24, 2.45) is 5.92 Å². The van der Waals surface area contributed by atoms with Crippen LogP contribution in [0.15, 0.2) is 36.5 Å². The van der Waals surface area contributed by atoms with Crippen LogP contribution in [0.25, 0.3) is 0 Å². The summed E-state index contributed by atoms with van der Waals surface area (Å²) in [6, 6.07) is 5.61. The van der Waals surface area contributed by atoms with Crippen molar-refractivity contribution in [3.8, 4) is 0 Å². The van der Waals surface area contributed by atoms with Crippen molar-refractivity contribution in [1.29, 1.82) is 0 Å². The van der Waals surface area contributed by atoms with Gasteiger partial charge in [-0.3, -0.25) is 19.7 Å². The highest BCUT2D eigenvalue weighted by Crippen LogP contribution is 2.38. The van der Waals surface area contributed by atoms with Gasteiger partial charge in [-0.15, -0.1) is 0 Å². The third-order valence-electron chi connectivity index (χ3n) is 4.19. The van der Waals surface area contributed by atoms with E-state index in [0.29, 0.717) is 13.0 Å². The van der Waals surface area contributed by atoms with E-state index < -0.39 is 16.9 Å². The molecule has 2 heterocycles. The van der Waals surface area contributed by atoms with Gasteiger partial charge >= 0.3 is 5.97 Å². The number of nitro groups is 1. The van der Waals surface area contributed by atoms with Gasteiger partial charge in [0.1, 0.15) is 0 Å². The number of hydrogen-bond donors (Lipinski definition) is 0. The molecule has 2 aliphatic rings. The van der Waals surface area contributed by atoms with Gasteiger partial charge in [0, 0.05) is 31.3 Å². The Balaban J connectivity index is 1.98. The Hall–Kier alpha value is -2.74. The molecule has 0 aliphatic carbocycles. The average molecular weight is 331 g/mol. The van der Waals surface area contributed by atoms with Gasteiger partial charge in [-0.05, 0) is 12.5 Å².